The number of halogens is 1. The SMILES string of the molecule is O=[N+]([O-])c1nn(CCOCCO)cc1Cl. The highest BCUT2D eigenvalue weighted by molar-refractivity contribution is 6.32. The maximum absolute atomic E-state index is 10.4. The third kappa shape index (κ3) is 3.46. The molecule has 0 spiro atoms. The molecule has 0 aliphatic heterocycles. The summed E-state index contributed by atoms with van der Waals surface area (Å²) < 4.78 is 6.30. The van der Waals surface area contributed by atoms with E-state index in [4.69, 9.17) is 21.4 Å². The van der Waals surface area contributed by atoms with Crippen molar-refractivity contribution in [1.82, 2.24) is 9.78 Å². The minimum absolute atomic E-state index is 0.00200. The molecule has 0 saturated heterocycles. The van der Waals surface area contributed by atoms with Gasteiger partial charge in [-0.2, -0.15) is 4.68 Å². The van der Waals surface area contributed by atoms with Gasteiger partial charge in [-0.3, -0.25) is 0 Å². The van der Waals surface area contributed by atoms with Crippen LogP contribution in [0.15, 0.2) is 6.20 Å². The molecule has 8 heteroatoms. The van der Waals surface area contributed by atoms with Crippen LogP contribution in [0.25, 0.3) is 0 Å². The Balaban J connectivity index is 2.48. The maximum atomic E-state index is 10.4. The van der Waals surface area contributed by atoms with Crippen molar-refractivity contribution < 1.29 is 14.8 Å². The molecule has 1 heterocycles. The lowest BCUT2D eigenvalue weighted by molar-refractivity contribution is -0.389. The fourth-order valence-electron chi connectivity index (χ4n) is 0.950. The van der Waals surface area contributed by atoms with Crippen LogP contribution < -0.4 is 0 Å². The monoisotopic (exact) mass is 235 g/mol. The molecule has 0 fully saturated rings. The average Bonchev–Trinajstić information content (AvgIpc) is 2.55. The van der Waals surface area contributed by atoms with E-state index in [9.17, 15) is 10.1 Å². The molecule has 0 bridgehead atoms. The van der Waals surface area contributed by atoms with Crippen LogP contribution in [0.4, 0.5) is 5.82 Å². The lowest BCUT2D eigenvalue weighted by atomic mass is 10.6. The van der Waals surface area contributed by atoms with E-state index in [1.165, 1.54) is 10.9 Å². The van der Waals surface area contributed by atoms with Crippen LogP contribution >= 0.6 is 11.6 Å². The van der Waals surface area contributed by atoms with Crippen molar-refractivity contribution in [3.05, 3.63) is 21.3 Å². The lowest BCUT2D eigenvalue weighted by Gasteiger charge is -1.98. The summed E-state index contributed by atoms with van der Waals surface area (Å²) in [4.78, 5) is 9.75. The number of nitro groups is 1. The summed E-state index contributed by atoms with van der Waals surface area (Å²) in [5, 5.41) is 22.5. The quantitative estimate of drug-likeness (QED) is 0.439. The van der Waals surface area contributed by atoms with E-state index in [0.717, 1.165) is 0 Å². The second-order valence-electron chi connectivity index (χ2n) is 2.66. The van der Waals surface area contributed by atoms with Gasteiger partial charge in [-0.05, 0) is 4.92 Å². The van der Waals surface area contributed by atoms with E-state index < -0.39 is 4.92 Å². The van der Waals surface area contributed by atoms with Gasteiger partial charge in [-0.1, -0.05) is 11.6 Å². The van der Waals surface area contributed by atoms with Gasteiger partial charge in [0.1, 0.15) is 0 Å². The van der Waals surface area contributed by atoms with Crippen molar-refractivity contribution >= 4 is 17.4 Å². The van der Waals surface area contributed by atoms with Gasteiger partial charge in [0.05, 0.1) is 37.7 Å². The molecule has 1 rings (SSSR count). The first-order valence-electron chi connectivity index (χ1n) is 4.21. The molecular formula is C7H10ClN3O4. The molecule has 0 unspecified atom stereocenters. The molecule has 7 nitrogen and oxygen atoms in total. The summed E-state index contributed by atoms with van der Waals surface area (Å²) in [6, 6.07) is 0. The van der Waals surface area contributed by atoms with Crippen molar-refractivity contribution in [2.24, 2.45) is 0 Å². The third-order valence-corrected chi connectivity index (χ3v) is 1.84. The highest BCUT2D eigenvalue weighted by Gasteiger charge is 2.18. The van der Waals surface area contributed by atoms with Crippen molar-refractivity contribution in [3.8, 4) is 0 Å². The highest BCUT2D eigenvalue weighted by Crippen LogP contribution is 2.20. The predicted molar refractivity (Wildman–Crippen MR) is 51.8 cm³/mol. The van der Waals surface area contributed by atoms with Gasteiger partial charge in [0.25, 0.3) is 0 Å². The van der Waals surface area contributed by atoms with E-state index in [0.29, 0.717) is 13.2 Å². The van der Waals surface area contributed by atoms with Crippen LogP contribution in [0.5, 0.6) is 0 Å². The van der Waals surface area contributed by atoms with Gasteiger partial charge in [-0.25, -0.2) is 0 Å². The fraction of sp³-hybridized carbons (Fsp3) is 0.571. The van der Waals surface area contributed by atoms with Crippen molar-refractivity contribution in [2.45, 2.75) is 6.54 Å². The molecule has 1 aromatic heterocycles. The van der Waals surface area contributed by atoms with Crippen LogP contribution in [0, 0.1) is 10.1 Å². The van der Waals surface area contributed by atoms with Crippen LogP contribution in [0.1, 0.15) is 0 Å². The summed E-state index contributed by atoms with van der Waals surface area (Å²) in [5.74, 6) is -0.362. The van der Waals surface area contributed by atoms with E-state index in [1.807, 2.05) is 0 Å². The largest absolute Gasteiger partial charge is 0.408 e. The predicted octanol–water partition coefficient (Wildman–Crippen LogP) is 0.454. The molecule has 0 aromatic carbocycles. The van der Waals surface area contributed by atoms with Crippen LogP contribution in [-0.2, 0) is 11.3 Å². The topological polar surface area (TPSA) is 90.4 Å². The van der Waals surface area contributed by atoms with Gasteiger partial charge >= 0.3 is 5.82 Å². The number of nitrogens with zero attached hydrogens (tertiary/aromatic N) is 3. The van der Waals surface area contributed by atoms with E-state index in [2.05, 4.69) is 5.10 Å². The van der Waals surface area contributed by atoms with Gasteiger partial charge in [0, 0.05) is 0 Å². The minimum Gasteiger partial charge on any atom is -0.394 e. The minimum atomic E-state index is -0.645. The normalized spacial score (nSPS) is 10.5. The first-order valence-corrected chi connectivity index (χ1v) is 4.59. The molecule has 0 saturated carbocycles. The fourth-order valence-corrected chi connectivity index (χ4v) is 1.17. The van der Waals surface area contributed by atoms with Crippen molar-refractivity contribution in [1.29, 1.82) is 0 Å². The Kier molecular flexibility index (Phi) is 4.47. The molecule has 84 valence electrons. The first-order chi connectivity index (χ1) is 7.15. The number of hydrogen-bond donors (Lipinski definition) is 1. The molecule has 0 radical (unpaired) electrons. The zero-order chi connectivity index (χ0) is 11.3. The Hall–Kier alpha value is -1.18. The summed E-state index contributed by atoms with van der Waals surface area (Å²) in [6.45, 7) is 0.848. The zero-order valence-electron chi connectivity index (χ0n) is 7.80. The summed E-state index contributed by atoms with van der Waals surface area (Å²) in [6.07, 6.45) is 1.36. The Morgan fingerprint density at radius 2 is 2.40 bits per heavy atom. The highest BCUT2D eigenvalue weighted by atomic mass is 35.5. The molecule has 15 heavy (non-hydrogen) atoms. The first kappa shape index (κ1) is 11.9. The smallest absolute Gasteiger partial charge is 0.394 e. The molecule has 0 aliphatic rings. The van der Waals surface area contributed by atoms with E-state index in [-0.39, 0.29) is 24.1 Å². The summed E-state index contributed by atoms with van der Waals surface area (Å²) >= 11 is 5.57. The molecule has 0 atom stereocenters. The van der Waals surface area contributed by atoms with Crippen LogP contribution in [-0.4, -0.2) is 39.6 Å². The third-order valence-electron chi connectivity index (χ3n) is 1.57. The standard InChI is InChI=1S/C7H10ClN3O4/c8-6-5-10(1-3-15-4-2-12)9-7(6)11(13)14/h5,12H,1-4H2. The number of aliphatic hydroxyl groups excluding tert-OH is 1. The van der Waals surface area contributed by atoms with E-state index >= 15 is 0 Å². The molecule has 1 aromatic rings. The Morgan fingerprint density at radius 1 is 1.67 bits per heavy atom. The van der Waals surface area contributed by atoms with Gasteiger partial charge < -0.3 is 20.0 Å². The maximum Gasteiger partial charge on any atom is 0.408 e. The number of ether oxygens (including phenoxy) is 1. The molecule has 0 amide bonds. The number of rotatable bonds is 6. The second kappa shape index (κ2) is 5.64. The van der Waals surface area contributed by atoms with Crippen molar-refractivity contribution in [2.75, 3.05) is 19.8 Å². The lowest BCUT2D eigenvalue weighted by Crippen LogP contribution is -2.09. The van der Waals surface area contributed by atoms with E-state index in [1.54, 1.807) is 0 Å². The summed E-state index contributed by atoms with van der Waals surface area (Å²) in [7, 11) is 0. The molecular weight excluding hydrogens is 226 g/mol. The number of aliphatic hydroxyl groups is 1. The summed E-state index contributed by atoms with van der Waals surface area (Å²) in [5.41, 5.74) is 0. The number of aromatic nitrogens is 2. The number of hydrogen-bond acceptors (Lipinski definition) is 5. The average molecular weight is 236 g/mol. The van der Waals surface area contributed by atoms with Gasteiger partial charge in [0.15, 0.2) is 5.02 Å². The van der Waals surface area contributed by atoms with Crippen molar-refractivity contribution in [3.63, 3.8) is 0 Å². The van der Waals surface area contributed by atoms with Crippen LogP contribution in [0.2, 0.25) is 5.02 Å². The van der Waals surface area contributed by atoms with Crippen LogP contribution in [0.3, 0.4) is 0 Å². The van der Waals surface area contributed by atoms with Gasteiger partial charge in [-0.15, -0.1) is 0 Å². The molecule has 0 aliphatic carbocycles. The molecule has 1 N–H and O–H groups in total. The van der Waals surface area contributed by atoms with Gasteiger partial charge in [0.2, 0.25) is 0 Å². The Morgan fingerprint density at radius 3 is 2.93 bits per heavy atom. The Labute approximate surface area is 90.4 Å². The Bertz CT molecular complexity index is 341. The second-order valence-corrected chi connectivity index (χ2v) is 3.06. The zero-order valence-corrected chi connectivity index (χ0v) is 8.55.